The average molecular weight is 82.1 g/mol. The summed E-state index contributed by atoms with van der Waals surface area (Å²) in [5.41, 5.74) is 0. The normalized spacial score (nSPS) is 21.3. The first-order valence-corrected chi connectivity index (χ1v) is 1.99. The number of hydrogen-bond acceptors (Lipinski definition) is 2. The third-order valence-electron chi connectivity index (χ3n) is 0.633. The lowest BCUT2D eigenvalue weighted by molar-refractivity contribution is 0.779. The smallest absolute Gasteiger partial charge is 0.195 e. The van der Waals surface area contributed by atoms with Crippen LogP contribution in [0.15, 0.2) is 4.99 Å². The van der Waals surface area contributed by atoms with Crippen molar-refractivity contribution in [2.24, 2.45) is 4.99 Å². The van der Waals surface area contributed by atoms with Crippen molar-refractivity contribution in [2.45, 2.75) is 6.42 Å². The van der Waals surface area contributed by atoms with Crippen molar-refractivity contribution in [2.75, 3.05) is 6.54 Å². The standard InChI is InChI=1S/C4H6N2/c1-2-5-4-6-3-1/h2,6H,1,3H2. The molecular formula is C4H6N2. The Kier molecular flexibility index (Phi) is 1.22. The SMILES string of the molecule is [C]1N=CCCN1. The lowest BCUT2D eigenvalue weighted by Crippen LogP contribution is -2.14. The van der Waals surface area contributed by atoms with E-state index in [0.717, 1.165) is 13.0 Å². The van der Waals surface area contributed by atoms with Gasteiger partial charge in [-0.25, -0.2) is 0 Å². The lowest BCUT2D eigenvalue weighted by atomic mass is 10.4. The molecule has 0 spiro atoms. The van der Waals surface area contributed by atoms with E-state index in [2.05, 4.69) is 17.0 Å². The number of nitrogens with zero attached hydrogens (tertiary/aromatic N) is 1. The van der Waals surface area contributed by atoms with Crippen LogP contribution in [-0.4, -0.2) is 12.8 Å². The summed E-state index contributed by atoms with van der Waals surface area (Å²) in [7, 11) is 0. The zero-order valence-electron chi connectivity index (χ0n) is 3.44. The van der Waals surface area contributed by atoms with E-state index in [4.69, 9.17) is 0 Å². The van der Waals surface area contributed by atoms with Crippen molar-refractivity contribution in [1.29, 1.82) is 0 Å². The molecule has 1 N–H and O–H groups in total. The summed E-state index contributed by atoms with van der Waals surface area (Å²) in [4.78, 5) is 3.69. The number of hydrogen-bond donors (Lipinski definition) is 1. The summed E-state index contributed by atoms with van der Waals surface area (Å²) in [5.74, 6) is 0. The molecule has 0 bridgehead atoms. The van der Waals surface area contributed by atoms with Crippen LogP contribution in [0.4, 0.5) is 0 Å². The maximum atomic E-state index is 3.69. The number of rotatable bonds is 0. The van der Waals surface area contributed by atoms with E-state index in [1.165, 1.54) is 0 Å². The fourth-order valence-electron chi connectivity index (χ4n) is 0.348. The van der Waals surface area contributed by atoms with Gasteiger partial charge in [0.1, 0.15) is 0 Å². The van der Waals surface area contributed by atoms with Crippen LogP contribution >= 0.6 is 0 Å². The Morgan fingerprint density at radius 1 is 1.83 bits per heavy atom. The van der Waals surface area contributed by atoms with Gasteiger partial charge in [-0.15, -0.1) is 0 Å². The molecule has 0 aromatic carbocycles. The minimum atomic E-state index is 0.990. The van der Waals surface area contributed by atoms with Gasteiger partial charge in [0, 0.05) is 12.8 Å². The third-order valence-corrected chi connectivity index (χ3v) is 0.633. The molecule has 1 aliphatic rings. The van der Waals surface area contributed by atoms with Crippen molar-refractivity contribution in [3.05, 3.63) is 6.67 Å². The van der Waals surface area contributed by atoms with E-state index >= 15 is 0 Å². The molecular weight excluding hydrogens is 76.1 g/mol. The number of aliphatic imine (C=N–C) groups is 1. The fraction of sp³-hybridized carbons (Fsp3) is 0.500. The molecule has 0 fully saturated rings. The summed E-state index contributed by atoms with van der Waals surface area (Å²) in [6, 6.07) is 0. The van der Waals surface area contributed by atoms with E-state index in [1.807, 2.05) is 6.21 Å². The minimum Gasteiger partial charge on any atom is -0.286 e. The Labute approximate surface area is 37.3 Å². The Morgan fingerprint density at radius 2 is 2.83 bits per heavy atom. The highest BCUT2D eigenvalue weighted by molar-refractivity contribution is 5.58. The molecule has 2 heteroatoms. The molecule has 0 saturated heterocycles. The second-order valence-electron chi connectivity index (χ2n) is 1.14. The summed E-state index contributed by atoms with van der Waals surface area (Å²) < 4.78 is 0. The highest BCUT2D eigenvalue weighted by Gasteiger charge is 1.87. The Hall–Kier alpha value is -0.370. The van der Waals surface area contributed by atoms with E-state index in [0.29, 0.717) is 0 Å². The van der Waals surface area contributed by atoms with Gasteiger partial charge in [0.2, 0.25) is 0 Å². The van der Waals surface area contributed by atoms with Crippen LogP contribution in [0.25, 0.3) is 0 Å². The maximum absolute atomic E-state index is 3.69. The molecule has 6 heavy (non-hydrogen) atoms. The van der Waals surface area contributed by atoms with Gasteiger partial charge in [-0.3, -0.25) is 10.3 Å². The van der Waals surface area contributed by atoms with Crippen molar-refractivity contribution < 1.29 is 0 Å². The highest BCUT2D eigenvalue weighted by atomic mass is 15.0. The van der Waals surface area contributed by atoms with Gasteiger partial charge in [-0.1, -0.05) is 0 Å². The molecule has 2 nitrogen and oxygen atoms in total. The van der Waals surface area contributed by atoms with E-state index in [1.54, 1.807) is 0 Å². The van der Waals surface area contributed by atoms with Crippen LogP contribution in [0.3, 0.4) is 0 Å². The molecule has 0 aliphatic carbocycles. The van der Waals surface area contributed by atoms with Gasteiger partial charge >= 0.3 is 0 Å². The van der Waals surface area contributed by atoms with E-state index < -0.39 is 0 Å². The molecule has 0 saturated carbocycles. The van der Waals surface area contributed by atoms with Gasteiger partial charge in [-0.05, 0) is 6.42 Å². The number of nitrogens with one attached hydrogen (secondary N) is 1. The largest absolute Gasteiger partial charge is 0.286 e. The first kappa shape index (κ1) is 3.81. The molecule has 2 radical (unpaired) electrons. The van der Waals surface area contributed by atoms with Crippen LogP contribution < -0.4 is 5.32 Å². The fourth-order valence-corrected chi connectivity index (χ4v) is 0.348. The summed E-state index contributed by atoms with van der Waals surface area (Å²) in [6.45, 7) is 3.59. The van der Waals surface area contributed by atoms with Crippen molar-refractivity contribution >= 4 is 6.21 Å². The van der Waals surface area contributed by atoms with E-state index in [9.17, 15) is 0 Å². The molecule has 1 heterocycles. The Balaban J connectivity index is 2.26. The molecule has 0 atom stereocenters. The quantitative estimate of drug-likeness (QED) is 0.438. The molecule has 0 aromatic rings. The highest BCUT2D eigenvalue weighted by Crippen LogP contribution is 1.81. The summed E-state index contributed by atoms with van der Waals surface area (Å²) in [6.07, 6.45) is 2.88. The Morgan fingerprint density at radius 3 is 3.00 bits per heavy atom. The molecule has 32 valence electrons. The maximum Gasteiger partial charge on any atom is 0.195 e. The topological polar surface area (TPSA) is 24.4 Å². The second-order valence-corrected chi connectivity index (χ2v) is 1.14. The first-order chi connectivity index (χ1) is 3.00. The summed E-state index contributed by atoms with van der Waals surface area (Å²) >= 11 is 0. The van der Waals surface area contributed by atoms with Gasteiger partial charge in [-0.2, -0.15) is 0 Å². The van der Waals surface area contributed by atoms with Crippen LogP contribution in [0.1, 0.15) is 6.42 Å². The van der Waals surface area contributed by atoms with Gasteiger partial charge in [0.05, 0.1) is 0 Å². The minimum absolute atomic E-state index is 0.990. The molecule has 0 amide bonds. The lowest BCUT2D eigenvalue weighted by Gasteiger charge is -1.98. The zero-order valence-corrected chi connectivity index (χ0v) is 3.44. The average Bonchev–Trinajstić information content (AvgIpc) is 1.72. The Bertz CT molecular complexity index is 50.6. The second kappa shape index (κ2) is 1.92. The van der Waals surface area contributed by atoms with Crippen LogP contribution in [0, 0.1) is 6.67 Å². The zero-order chi connectivity index (χ0) is 4.24. The molecule has 0 aromatic heterocycles. The van der Waals surface area contributed by atoms with Crippen LogP contribution in [0.2, 0.25) is 0 Å². The van der Waals surface area contributed by atoms with Gasteiger partial charge in [0.15, 0.2) is 6.67 Å². The molecule has 0 unspecified atom stereocenters. The summed E-state index contributed by atoms with van der Waals surface area (Å²) in [5, 5.41) is 2.84. The van der Waals surface area contributed by atoms with Gasteiger partial charge in [0.25, 0.3) is 0 Å². The molecule has 1 aliphatic heterocycles. The van der Waals surface area contributed by atoms with Gasteiger partial charge < -0.3 is 0 Å². The monoisotopic (exact) mass is 82.1 g/mol. The van der Waals surface area contributed by atoms with Crippen molar-refractivity contribution in [1.82, 2.24) is 5.32 Å². The van der Waals surface area contributed by atoms with Crippen LogP contribution in [0.5, 0.6) is 0 Å². The predicted molar refractivity (Wildman–Crippen MR) is 24.4 cm³/mol. The third kappa shape index (κ3) is 0.792. The van der Waals surface area contributed by atoms with Crippen molar-refractivity contribution in [3.8, 4) is 0 Å². The molecule has 1 rings (SSSR count). The van der Waals surface area contributed by atoms with Crippen LogP contribution in [-0.2, 0) is 0 Å². The first-order valence-electron chi connectivity index (χ1n) is 1.99. The predicted octanol–water partition coefficient (Wildman–Crippen LogP) is 0.0468. The van der Waals surface area contributed by atoms with Crippen molar-refractivity contribution in [3.63, 3.8) is 0 Å². The van der Waals surface area contributed by atoms with E-state index in [-0.39, 0.29) is 0 Å².